The van der Waals surface area contributed by atoms with Gasteiger partial charge in [-0.25, -0.2) is 4.39 Å². The minimum Gasteiger partial charge on any atom is -0.493 e. The molecule has 35 heavy (non-hydrogen) atoms. The van der Waals surface area contributed by atoms with E-state index in [1.165, 1.54) is 19.3 Å². The number of benzene rings is 3. The summed E-state index contributed by atoms with van der Waals surface area (Å²) in [6.45, 7) is -0.0518. The van der Waals surface area contributed by atoms with E-state index in [9.17, 15) is 19.2 Å². The highest BCUT2D eigenvalue weighted by atomic mass is 35.5. The van der Waals surface area contributed by atoms with Gasteiger partial charge < -0.3 is 9.47 Å². The summed E-state index contributed by atoms with van der Waals surface area (Å²) in [7, 11) is 1.44. The van der Waals surface area contributed by atoms with Crippen LogP contribution in [0.5, 0.6) is 11.5 Å². The van der Waals surface area contributed by atoms with Gasteiger partial charge >= 0.3 is 0 Å². The molecule has 1 fully saturated rings. The molecule has 3 aromatic carbocycles. The fraction of sp³-hybridized carbons (Fsp3) is 0.115. The Kier molecular flexibility index (Phi) is 7.39. The number of hydrogen-bond donors (Lipinski definition) is 0. The largest absolute Gasteiger partial charge is 0.493 e. The summed E-state index contributed by atoms with van der Waals surface area (Å²) in [6, 6.07) is 18.3. The molecule has 0 spiro atoms. The predicted octanol–water partition coefficient (Wildman–Crippen LogP) is 6.17. The lowest BCUT2D eigenvalue weighted by molar-refractivity contribution is -0.123. The Morgan fingerprint density at radius 2 is 1.83 bits per heavy atom. The van der Waals surface area contributed by atoms with E-state index in [0.29, 0.717) is 28.0 Å². The van der Waals surface area contributed by atoms with Gasteiger partial charge in [-0.15, -0.1) is 0 Å². The van der Waals surface area contributed by atoms with Crippen molar-refractivity contribution in [1.29, 1.82) is 5.26 Å². The molecule has 4 rings (SSSR count). The Morgan fingerprint density at radius 1 is 1.11 bits per heavy atom. The molecule has 0 radical (unpaired) electrons. The summed E-state index contributed by atoms with van der Waals surface area (Å²) in [4.78, 5) is 26.8. The monoisotopic (exact) mass is 508 g/mol. The van der Waals surface area contributed by atoms with Gasteiger partial charge in [-0.05, 0) is 53.2 Å². The van der Waals surface area contributed by atoms with Crippen LogP contribution in [0.1, 0.15) is 22.3 Å². The molecule has 0 aliphatic carbocycles. The number of ether oxygens (including phenoxy) is 2. The van der Waals surface area contributed by atoms with Crippen molar-refractivity contribution in [1.82, 2.24) is 4.90 Å². The highest BCUT2D eigenvalue weighted by Crippen LogP contribution is 2.39. The lowest BCUT2D eigenvalue weighted by Crippen LogP contribution is -2.27. The first-order valence-corrected chi connectivity index (χ1v) is 11.6. The van der Waals surface area contributed by atoms with Crippen molar-refractivity contribution in [2.75, 3.05) is 7.11 Å². The number of carbonyl (C=O) groups excluding carboxylic acids is 2. The highest BCUT2D eigenvalue weighted by Gasteiger charge is 2.35. The molecule has 1 heterocycles. The molecule has 9 heteroatoms. The summed E-state index contributed by atoms with van der Waals surface area (Å²) in [6.07, 6.45) is 1.54. The van der Waals surface area contributed by atoms with Crippen molar-refractivity contribution in [2.45, 2.75) is 13.2 Å². The number of imide groups is 1. The van der Waals surface area contributed by atoms with Crippen molar-refractivity contribution in [3.63, 3.8) is 0 Å². The topological polar surface area (TPSA) is 79.6 Å². The molecule has 0 unspecified atom stereocenters. The maximum atomic E-state index is 13.9. The molecule has 1 saturated heterocycles. The lowest BCUT2D eigenvalue weighted by atomic mass is 10.1. The third-order valence-corrected chi connectivity index (χ3v) is 6.41. The van der Waals surface area contributed by atoms with Gasteiger partial charge in [-0.3, -0.25) is 14.5 Å². The summed E-state index contributed by atoms with van der Waals surface area (Å²) in [5.41, 5.74) is 1.87. The summed E-state index contributed by atoms with van der Waals surface area (Å²) in [5, 5.41) is 9.05. The minimum atomic E-state index is -0.470. The standard InChI is InChI=1S/C26H18ClFN2O4S/c1-33-22-11-16(10-20(27)24(22)34-15-19-8-4-5-9-21(19)28)12-23-25(31)30(26(32)35-23)14-18-7-3-2-6-17(18)13-29/h2-12H,14-15H2,1H3/b23-12+. The van der Waals surface area contributed by atoms with Gasteiger partial charge in [0.1, 0.15) is 12.4 Å². The van der Waals surface area contributed by atoms with Crippen molar-refractivity contribution in [2.24, 2.45) is 0 Å². The molecule has 176 valence electrons. The second-order valence-electron chi connectivity index (χ2n) is 7.45. The summed E-state index contributed by atoms with van der Waals surface area (Å²) in [5.74, 6) is -0.340. The Bertz CT molecular complexity index is 1390. The summed E-state index contributed by atoms with van der Waals surface area (Å²) >= 11 is 7.21. The quantitative estimate of drug-likeness (QED) is 0.355. The Balaban J connectivity index is 1.55. The van der Waals surface area contributed by atoms with E-state index < -0.39 is 17.0 Å². The fourth-order valence-electron chi connectivity index (χ4n) is 3.45. The number of carbonyl (C=O) groups is 2. The molecular weight excluding hydrogens is 491 g/mol. The third-order valence-electron chi connectivity index (χ3n) is 5.22. The van der Waals surface area contributed by atoms with E-state index in [1.54, 1.807) is 54.6 Å². The van der Waals surface area contributed by atoms with Gasteiger partial charge in [-0.1, -0.05) is 48.0 Å². The Morgan fingerprint density at radius 3 is 2.54 bits per heavy atom. The number of thioether (sulfide) groups is 1. The number of methoxy groups -OCH3 is 1. The maximum absolute atomic E-state index is 13.9. The van der Waals surface area contributed by atoms with Crippen LogP contribution < -0.4 is 9.47 Å². The molecule has 6 nitrogen and oxygen atoms in total. The number of nitrogens with zero attached hydrogens (tertiary/aromatic N) is 2. The number of nitriles is 1. The first-order valence-electron chi connectivity index (χ1n) is 10.4. The molecule has 3 aromatic rings. The average molecular weight is 509 g/mol. The van der Waals surface area contributed by atoms with E-state index in [1.807, 2.05) is 0 Å². The van der Waals surface area contributed by atoms with Crippen LogP contribution in [0.4, 0.5) is 9.18 Å². The van der Waals surface area contributed by atoms with Crippen LogP contribution in [0, 0.1) is 17.1 Å². The average Bonchev–Trinajstić information content (AvgIpc) is 3.11. The van der Waals surface area contributed by atoms with Gasteiger partial charge in [0.05, 0.1) is 35.2 Å². The Labute approximate surface area is 210 Å². The zero-order valence-corrected chi connectivity index (χ0v) is 20.0. The van der Waals surface area contributed by atoms with Crippen LogP contribution in [0.2, 0.25) is 5.02 Å². The van der Waals surface area contributed by atoms with Crippen molar-refractivity contribution < 1.29 is 23.5 Å². The van der Waals surface area contributed by atoms with Crippen molar-refractivity contribution >= 4 is 40.6 Å². The van der Waals surface area contributed by atoms with Crippen LogP contribution in [0.3, 0.4) is 0 Å². The second kappa shape index (κ2) is 10.6. The van der Waals surface area contributed by atoms with Gasteiger partial charge in [0, 0.05) is 5.56 Å². The van der Waals surface area contributed by atoms with Crippen LogP contribution in [0.25, 0.3) is 6.08 Å². The third kappa shape index (κ3) is 5.32. The predicted molar refractivity (Wildman–Crippen MR) is 131 cm³/mol. The van der Waals surface area contributed by atoms with Crippen LogP contribution in [-0.2, 0) is 17.9 Å². The highest BCUT2D eigenvalue weighted by molar-refractivity contribution is 8.18. The molecule has 0 atom stereocenters. The number of halogens is 2. The minimum absolute atomic E-state index is 0.00135. The SMILES string of the molecule is COc1cc(/C=C2/SC(=O)N(Cc3ccccc3C#N)C2=O)cc(Cl)c1OCc1ccccc1F. The first-order chi connectivity index (χ1) is 16.9. The molecular formula is C26H18ClFN2O4S. The molecule has 1 aliphatic rings. The van der Waals surface area contributed by atoms with Gasteiger partial charge in [0.15, 0.2) is 11.5 Å². The van der Waals surface area contributed by atoms with Crippen LogP contribution in [-0.4, -0.2) is 23.2 Å². The molecule has 0 bridgehead atoms. The summed E-state index contributed by atoms with van der Waals surface area (Å²) < 4.78 is 25.0. The van der Waals surface area contributed by atoms with E-state index in [-0.39, 0.29) is 28.8 Å². The van der Waals surface area contributed by atoms with Crippen LogP contribution in [0.15, 0.2) is 65.6 Å². The first kappa shape index (κ1) is 24.3. The number of amides is 2. The Hall–Kier alpha value is -3.80. The normalized spacial score (nSPS) is 14.3. The van der Waals surface area contributed by atoms with Crippen molar-refractivity contribution in [3.8, 4) is 17.6 Å². The fourth-order valence-corrected chi connectivity index (χ4v) is 4.57. The molecule has 0 aromatic heterocycles. The molecule has 0 saturated carbocycles. The van der Waals surface area contributed by atoms with Gasteiger partial charge in [0.2, 0.25) is 0 Å². The second-order valence-corrected chi connectivity index (χ2v) is 8.85. The van der Waals surface area contributed by atoms with Crippen molar-refractivity contribution in [3.05, 3.63) is 98.7 Å². The van der Waals surface area contributed by atoms with E-state index in [0.717, 1.165) is 16.7 Å². The molecule has 0 N–H and O–H groups in total. The maximum Gasteiger partial charge on any atom is 0.293 e. The van der Waals surface area contributed by atoms with Crippen LogP contribution >= 0.6 is 23.4 Å². The van der Waals surface area contributed by atoms with E-state index in [2.05, 4.69) is 6.07 Å². The smallest absolute Gasteiger partial charge is 0.293 e. The van der Waals surface area contributed by atoms with E-state index >= 15 is 0 Å². The number of hydrogen-bond acceptors (Lipinski definition) is 6. The number of rotatable bonds is 7. The lowest BCUT2D eigenvalue weighted by Gasteiger charge is -2.14. The zero-order valence-electron chi connectivity index (χ0n) is 18.5. The van der Waals surface area contributed by atoms with Gasteiger partial charge in [0.25, 0.3) is 11.1 Å². The van der Waals surface area contributed by atoms with E-state index in [4.69, 9.17) is 21.1 Å². The zero-order chi connectivity index (χ0) is 24.9. The van der Waals surface area contributed by atoms with Gasteiger partial charge in [-0.2, -0.15) is 5.26 Å². The molecule has 2 amide bonds. The molecule has 1 aliphatic heterocycles.